The summed E-state index contributed by atoms with van der Waals surface area (Å²) in [5.41, 5.74) is -0.125. The molecule has 0 aromatic rings. The second-order valence-corrected chi connectivity index (χ2v) is 6.18. The minimum Gasteiger partial charge on any atom is -0.396 e. The summed E-state index contributed by atoms with van der Waals surface area (Å²) in [5, 5.41) is 12.5. The highest BCUT2D eigenvalue weighted by Gasteiger charge is 2.25. The maximum atomic E-state index is 11.9. The van der Waals surface area contributed by atoms with Crippen LogP contribution in [-0.4, -0.2) is 24.2 Å². The average Bonchev–Trinajstić information content (AvgIpc) is 2.48. The Bertz CT molecular complexity index is 247. The van der Waals surface area contributed by atoms with Gasteiger partial charge in [0.05, 0.1) is 6.61 Å². The normalized spacial score (nSPS) is 17.4. The second-order valence-electron chi connectivity index (χ2n) is 6.18. The van der Waals surface area contributed by atoms with Crippen LogP contribution in [0.4, 0.5) is 0 Å². The van der Waals surface area contributed by atoms with Gasteiger partial charge in [-0.05, 0) is 25.2 Å². The van der Waals surface area contributed by atoms with E-state index in [4.69, 9.17) is 0 Å². The molecule has 1 fully saturated rings. The Morgan fingerprint density at radius 2 is 1.84 bits per heavy atom. The zero-order valence-corrected chi connectivity index (χ0v) is 12.7. The van der Waals surface area contributed by atoms with Crippen LogP contribution in [0, 0.1) is 11.3 Å². The molecule has 3 heteroatoms. The molecule has 1 saturated carbocycles. The number of amides is 1. The number of aliphatic hydroxyl groups is 1. The Morgan fingerprint density at radius 3 is 2.37 bits per heavy atom. The van der Waals surface area contributed by atoms with Crippen molar-refractivity contribution in [2.45, 2.75) is 71.6 Å². The predicted molar refractivity (Wildman–Crippen MR) is 78.9 cm³/mol. The van der Waals surface area contributed by atoms with E-state index in [1.165, 1.54) is 32.1 Å². The fourth-order valence-electron chi connectivity index (χ4n) is 2.97. The van der Waals surface area contributed by atoms with Crippen molar-refractivity contribution in [1.82, 2.24) is 5.32 Å². The SMILES string of the molecule is CCC(CC)(CO)CNC(=O)CCC1CCCCC1. The van der Waals surface area contributed by atoms with Crippen molar-refractivity contribution in [3.63, 3.8) is 0 Å². The van der Waals surface area contributed by atoms with E-state index in [0.717, 1.165) is 25.2 Å². The van der Waals surface area contributed by atoms with Gasteiger partial charge in [0, 0.05) is 18.4 Å². The van der Waals surface area contributed by atoms with Crippen molar-refractivity contribution in [1.29, 1.82) is 0 Å². The Balaban J connectivity index is 2.23. The van der Waals surface area contributed by atoms with Crippen LogP contribution in [0.1, 0.15) is 71.6 Å². The predicted octanol–water partition coefficient (Wildman–Crippen LogP) is 3.26. The van der Waals surface area contributed by atoms with Gasteiger partial charge in [0.25, 0.3) is 0 Å². The lowest BCUT2D eigenvalue weighted by Gasteiger charge is -2.29. The number of carbonyl (C=O) groups excluding carboxylic acids is 1. The average molecular weight is 269 g/mol. The largest absolute Gasteiger partial charge is 0.396 e. The molecule has 0 spiro atoms. The van der Waals surface area contributed by atoms with Crippen molar-refractivity contribution >= 4 is 5.91 Å². The minimum atomic E-state index is -0.125. The molecule has 0 aromatic heterocycles. The third-order valence-corrected chi connectivity index (χ3v) is 5.00. The van der Waals surface area contributed by atoms with Gasteiger partial charge in [-0.25, -0.2) is 0 Å². The monoisotopic (exact) mass is 269 g/mol. The van der Waals surface area contributed by atoms with Gasteiger partial charge in [0.2, 0.25) is 5.91 Å². The zero-order chi connectivity index (χ0) is 14.1. The lowest BCUT2D eigenvalue weighted by Crippen LogP contribution is -2.39. The summed E-state index contributed by atoms with van der Waals surface area (Å²) >= 11 is 0. The standard InChI is InChI=1S/C16H31NO2/c1-3-16(4-2,13-18)12-17-15(19)11-10-14-8-6-5-7-9-14/h14,18H,3-13H2,1-2H3,(H,17,19). The Kier molecular flexibility index (Phi) is 7.44. The fourth-order valence-corrected chi connectivity index (χ4v) is 2.97. The van der Waals surface area contributed by atoms with E-state index < -0.39 is 0 Å². The van der Waals surface area contributed by atoms with Crippen LogP contribution < -0.4 is 5.32 Å². The van der Waals surface area contributed by atoms with Gasteiger partial charge >= 0.3 is 0 Å². The molecule has 1 amide bonds. The van der Waals surface area contributed by atoms with E-state index in [0.29, 0.717) is 13.0 Å². The first-order valence-corrected chi connectivity index (χ1v) is 8.03. The van der Waals surface area contributed by atoms with E-state index in [2.05, 4.69) is 19.2 Å². The first kappa shape index (κ1) is 16.5. The molecule has 0 saturated heterocycles. The van der Waals surface area contributed by atoms with Gasteiger partial charge in [-0.3, -0.25) is 4.79 Å². The lowest BCUT2D eigenvalue weighted by molar-refractivity contribution is -0.122. The minimum absolute atomic E-state index is 0.125. The van der Waals surface area contributed by atoms with E-state index in [1.807, 2.05) is 0 Å². The summed E-state index contributed by atoms with van der Waals surface area (Å²) in [5.74, 6) is 0.921. The summed E-state index contributed by atoms with van der Waals surface area (Å²) in [4.78, 5) is 11.9. The molecule has 0 radical (unpaired) electrons. The van der Waals surface area contributed by atoms with Gasteiger partial charge in [0.15, 0.2) is 0 Å². The van der Waals surface area contributed by atoms with Crippen molar-refractivity contribution in [2.24, 2.45) is 11.3 Å². The van der Waals surface area contributed by atoms with Crippen LogP contribution in [0.15, 0.2) is 0 Å². The third-order valence-electron chi connectivity index (χ3n) is 5.00. The van der Waals surface area contributed by atoms with Crippen molar-refractivity contribution in [3.05, 3.63) is 0 Å². The molecule has 1 aliphatic rings. The van der Waals surface area contributed by atoms with Crippen molar-refractivity contribution in [3.8, 4) is 0 Å². The van der Waals surface area contributed by atoms with Crippen LogP contribution in [0.5, 0.6) is 0 Å². The van der Waals surface area contributed by atoms with Crippen LogP contribution in [0.3, 0.4) is 0 Å². The Hall–Kier alpha value is -0.570. The number of carbonyl (C=O) groups is 1. The van der Waals surface area contributed by atoms with Crippen molar-refractivity contribution < 1.29 is 9.90 Å². The summed E-state index contributed by atoms with van der Waals surface area (Å²) in [6.07, 6.45) is 10.2. The molecule has 0 unspecified atom stereocenters. The summed E-state index contributed by atoms with van der Waals surface area (Å²) in [6, 6.07) is 0. The van der Waals surface area contributed by atoms with Gasteiger partial charge < -0.3 is 10.4 Å². The lowest BCUT2D eigenvalue weighted by atomic mass is 9.83. The maximum Gasteiger partial charge on any atom is 0.220 e. The first-order chi connectivity index (χ1) is 9.15. The molecule has 0 atom stereocenters. The van der Waals surface area contributed by atoms with Crippen molar-refractivity contribution in [2.75, 3.05) is 13.2 Å². The van der Waals surface area contributed by atoms with Crippen LogP contribution in [0.2, 0.25) is 0 Å². The van der Waals surface area contributed by atoms with Gasteiger partial charge in [-0.15, -0.1) is 0 Å². The second kappa shape index (κ2) is 8.57. The molecule has 19 heavy (non-hydrogen) atoms. The van der Waals surface area contributed by atoms with E-state index in [9.17, 15) is 9.90 Å². The molecule has 0 aromatic carbocycles. The maximum absolute atomic E-state index is 11.9. The third kappa shape index (κ3) is 5.52. The summed E-state index contributed by atoms with van der Waals surface area (Å²) in [6.45, 7) is 4.92. The number of hydrogen-bond donors (Lipinski definition) is 2. The van der Waals surface area contributed by atoms with Gasteiger partial charge in [-0.1, -0.05) is 46.0 Å². The highest BCUT2D eigenvalue weighted by Crippen LogP contribution is 2.27. The van der Waals surface area contributed by atoms with Gasteiger partial charge in [-0.2, -0.15) is 0 Å². The fraction of sp³-hybridized carbons (Fsp3) is 0.938. The number of hydrogen-bond acceptors (Lipinski definition) is 2. The van der Waals surface area contributed by atoms with E-state index in [1.54, 1.807) is 0 Å². The van der Waals surface area contributed by atoms with Crippen LogP contribution in [0.25, 0.3) is 0 Å². The molecule has 0 heterocycles. The molecule has 1 rings (SSSR count). The Morgan fingerprint density at radius 1 is 1.21 bits per heavy atom. The molecular weight excluding hydrogens is 238 g/mol. The number of aliphatic hydroxyl groups excluding tert-OH is 1. The van der Waals surface area contributed by atoms with E-state index >= 15 is 0 Å². The molecular formula is C16H31NO2. The highest BCUT2D eigenvalue weighted by molar-refractivity contribution is 5.75. The van der Waals surface area contributed by atoms with E-state index in [-0.39, 0.29) is 17.9 Å². The topological polar surface area (TPSA) is 49.3 Å². The molecule has 1 aliphatic carbocycles. The van der Waals surface area contributed by atoms with Gasteiger partial charge in [0.1, 0.15) is 0 Å². The quantitative estimate of drug-likeness (QED) is 0.710. The molecule has 2 N–H and O–H groups in total. The molecule has 112 valence electrons. The van der Waals surface area contributed by atoms with Crippen LogP contribution in [-0.2, 0) is 4.79 Å². The first-order valence-electron chi connectivity index (χ1n) is 8.03. The summed E-state index contributed by atoms with van der Waals surface area (Å²) in [7, 11) is 0. The summed E-state index contributed by atoms with van der Waals surface area (Å²) < 4.78 is 0. The molecule has 0 bridgehead atoms. The molecule has 0 aliphatic heterocycles. The number of rotatable bonds is 8. The molecule has 3 nitrogen and oxygen atoms in total. The Labute approximate surface area is 118 Å². The van der Waals surface area contributed by atoms with Crippen LogP contribution >= 0.6 is 0 Å². The zero-order valence-electron chi connectivity index (χ0n) is 12.7. The number of nitrogens with one attached hydrogen (secondary N) is 1. The highest BCUT2D eigenvalue weighted by atomic mass is 16.3. The smallest absolute Gasteiger partial charge is 0.220 e.